The van der Waals surface area contributed by atoms with E-state index in [1.54, 1.807) is 14.2 Å². The molecule has 0 saturated heterocycles. The lowest BCUT2D eigenvalue weighted by atomic mass is 9.82. The number of benzene rings is 1. The van der Waals surface area contributed by atoms with Gasteiger partial charge in [-0.25, -0.2) is 0 Å². The Kier molecular flexibility index (Phi) is 4.50. The van der Waals surface area contributed by atoms with Gasteiger partial charge in [-0.15, -0.1) is 0 Å². The second-order valence-electron chi connectivity index (χ2n) is 3.85. The lowest BCUT2D eigenvalue weighted by molar-refractivity contribution is -0.127. The first-order valence-corrected chi connectivity index (χ1v) is 5.81. The highest BCUT2D eigenvalue weighted by Gasteiger charge is 2.34. The zero-order chi connectivity index (χ0) is 12.2. The van der Waals surface area contributed by atoms with Crippen molar-refractivity contribution in [2.24, 2.45) is 0 Å². The maximum Gasteiger partial charge on any atom is 0.232 e. The van der Waals surface area contributed by atoms with Gasteiger partial charge in [0.15, 0.2) is 0 Å². The van der Waals surface area contributed by atoms with E-state index in [9.17, 15) is 4.79 Å². The average molecular weight is 286 g/mol. The number of amides is 1. The van der Waals surface area contributed by atoms with Crippen molar-refractivity contribution < 1.29 is 9.53 Å². The van der Waals surface area contributed by atoms with Crippen LogP contribution in [0.1, 0.15) is 12.5 Å². The normalized spacial score (nSPS) is 14.2. The second kappa shape index (κ2) is 5.46. The van der Waals surface area contributed by atoms with Crippen LogP contribution in [0.2, 0.25) is 0 Å². The molecule has 0 aliphatic rings. The predicted molar refractivity (Wildman–Crippen MR) is 67.4 cm³/mol. The maximum absolute atomic E-state index is 11.9. The van der Waals surface area contributed by atoms with E-state index >= 15 is 0 Å². The first kappa shape index (κ1) is 13.2. The van der Waals surface area contributed by atoms with E-state index in [1.807, 2.05) is 31.2 Å². The van der Waals surface area contributed by atoms with Crippen molar-refractivity contribution in [3.63, 3.8) is 0 Å². The van der Waals surface area contributed by atoms with Crippen LogP contribution in [0, 0.1) is 0 Å². The van der Waals surface area contributed by atoms with Gasteiger partial charge in [-0.2, -0.15) is 0 Å². The van der Waals surface area contributed by atoms with Crippen LogP contribution in [-0.2, 0) is 14.9 Å². The van der Waals surface area contributed by atoms with Gasteiger partial charge in [-0.3, -0.25) is 4.79 Å². The van der Waals surface area contributed by atoms with Crippen LogP contribution in [0.5, 0.6) is 0 Å². The van der Waals surface area contributed by atoms with E-state index in [4.69, 9.17) is 4.74 Å². The molecule has 4 heteroatoms. The summed E-state index contributed by atoms with van der Waals surface area (Å²) in [5, 5.41) is 2.67. The van der Waals surface area contributed by atoms with Crippen molar-refractivity contribution in [1.82, 2.24) is 5.32 Å². The van der Waals surface area contributed by atoms with E-state index in [2.05, 4.69) is 21.2 Å². The summed E-state index contributed by atoms with van der Waals surface area (Å²) in [4.78, 5) is 11.9. The van der Waals surface area contributed by atoms with Crippen molar-refractivity contribution in [3.8, 4) is 0 Å². The molecule has 3 nitrogen and oxygen atoms in total. The molecule has 0 radical (unpaired) electrons. The Morgan fingerprint density at radius 3 is 2.44 bits per heavy atom. The molecule has 0 saturated carbocycles. The lowest BCUT2D eigenvalue weighted by Gasteiger charge is -2.27. The monoisotopic (exact) mass is 285 g/mol. The van der Waals surface area contributed by atoms with Gasteiger partial charge in [0.2, 0.25) is 5.91 Å². The van der Waals surface area contributed by atoms with Gasteiger partial charge in [0.25, 0.3) is 0 Å². The number of halogens is 1. The van der Waals surface area contributed by atoms with Gasteiger partial charge in [0.05, 0.1) is 12.0 Å². The molecule has 1 amide bonds. The molecule has 1 unspecified atom stereocenters. The summed E-state index contributed by atoms with van der Waals surface area (Å²) in [6, 6.07) is 7.70. The summed E-state index contributed by atoms with van der Waals surface area (Å²) < 4.78 is 6.14. The molecule has 16 heavy (non-hydrogen) atoms. The Hall–Kier alpha value is -0.870. The topological polar surface area (TPSA) is 38.3 Å². The fraction of sp³-hybridized carbons (Fsp3) is 0.417. The Bertz CT molecular complexity index is 364. The van der Waals surface area contributed by atoms with E-state index < -0.39 is 5.41 Å². The van der Waals surface area contributed by atoms with Crippen molar-refractivity contribution in [2.75, 3.05) is 20.8 Å². The molecule has 88 valence electrons. The van der Waals surface area contributed by atoms with Gasteiger partial charge in [-0.1, -0.05) is 28.1 Å². The summed E-state index contributed by atoms with van der Waals surface area (Å²) in [7, 11) is 3.23. The Morgan fingerprint density at radius 2 is 2.00 bits per heavy atom. The molecule has 0 aliphatic heterocycles. The molecule has 1 aromatic carbocycles. The number of carbonyl (C=O) groups is 1. The van der Waals surface area contributed by atoms with E-state index in [-0.39, 0.29) is 5.91 Å². The number of likely N-dealkylation sites (N-methyl/N-ethyl adjacent to an activating group) is 1. The van der Waals surface area contributed by atoms with E-state index in [0.717, 1.165) is 10.0 Å². The maximum atomic E-state index is 11.9. The Balaban J connectivity index is 3.10. The van der Waals surface area contributed by atoms with E-state index in [1.165, 1.54) is 0 Å². The summed E-state index contributed by atoms with van der Waals surface area (Å²) >= 11 is 3.37. The number of rotatable bonds is 4. The van der Waals surface area contributed by atoms with Gasteiger partial charge in [0.1, 0.15) is 0 Å². The minimum absolute atomic E-state index is 0.0447. The number of hydrogen-bond donors (Lipinski definition) is 1. The van der Waals surface area contributed by atoms with Crippen LogP contribution >= 0.6 is 15.9 Å². The summed E-state index contributed by atoms with van der Waals surface area (Å²) in [6.45, 7) is 2.23. The minimum Gasteiger partial charge on any atom is -0.383 e. The van der Waals surface area contributed by atoms with Crippen molar-refractivity contribution >= 4 is 21.8 Å². The number of hydrogen-bond acceptors (Lipinski definition) is 2. The molecule has 1 atom stereocenters. The number of methoxy groups -OCH3 is 1. The molecule has 0 spiro atoms. The van der Waals surface area contributed by atoms with Gasteiger partial charge in [-0.05, 0) is 24.6 Å². The highest BCUT2D eigenvalue weighted by Crippen LogP contribution is 2.26. The fourth-order valence-corrected chi connectivity index (χ4v) is 1.93. The third-order valence-corrected chi connectivity index (χ3v) is 3.17. The SMILES string of the molecule is CNC(=O)C(C)(COC)c1ccc(Br)cc1. The summed E-state index contributed by atoms with van der Waals surface area (Å²) in [5.74, 6) is -0.0447. The van der Waals surface area contributed by atoms with Crippen molar-refractivity contribution in [3.05, 3.63) is 34.3 Å². The standard InChI is InChI=1S/C12H16BrNO2/c1-12(8-16-3,11(15)14-2)9-4-6-10(13)7-5-9/h4-7H,8H2,1-3H3,(H,14,15). The highest BCUT2D eigenvalue weighted by molar-refractivity contribution is 9.10. The predicted octanol–water partition coefficient (Wildman–Crippen LogP) is 2.10. The minimum atomic E-state index is -0.649. The molecular formula is C12H16BrNO2. The third kappa shape index (κ3) is 2.62. The molecule has 0 aliphatic carbocycles. The first-order valence-electron chi connectivity index (χ1n) is 5.01. The quantitative estimate of drug-likeness (QED) is 0.920. The largest absolute Gasteiger partial charge is 0.383 e. The van der Waals surface area contributed by atoms with Crippen LogP contribution in [0.25, 0.3) is 0 Å². The number of nitrogens with one attached hydrogen (secondary N) is 1. The van der Waals surface area contributed by atoms with Crippen LogP contribution in [-0.4, -0.2) is 26.7 Å². The van der Waals surface area contributed by atoms with Gasteiger partial charge >= 0.3 is 0 Å². The molecular weight excluding hydrogens is 270 g/mol. The highest BCUT2D eigenvalue weighted by atomic mass is 79.9. The lowest BCUT2D eigenvalue weighted by Crippen LogP contribution is -2.44. The van der Waals surface area contributed by atoms with Crippen molar-refractivity contribution in [1.29, 1.82) is 0 Å². The fourth-order valence-electron chi connectivity index (χ4n) is 1.66. The molecule has 1 N–H and O–H groups in total. The molecule has 1 aromatic rings. The van der Waals surface area contributed by atoms with E-state index in [0.29, 0.717) is 6.61 Å². The Morgan fingerprint density at radius 1 is 1.44 bits per heavy atom. The number of carbonyl (C=O) groups excluding carboxylic acids is 1. The number of ether oxygens (including phenoxy) is 1. The summed E-state index contributed by atoms with van der Waals surface area (Å²) in [5.41, 5.74) is 0.293. The molecule has 0 fully saturated rings. The van der Waals surface area contributed by atoms with Crippen molar-refractivity contribution in [2.45, 2.75) is 12.3 Å². The molecule has 0 heterocycles. The van der Waals surface area contributed by atoms with Crippen LogP contribution in [0.3, 0.4) is 0 Å². The second-order valence-corrected chi connectivity index (χ2v) is 4.77. The average Bonchev–Trinajstić information content (AvgIpc) is 2.29. The summed E-state index contributed by atoms with van der Waals surface area (Å²) in [6.07, 6.45) is 0. The zero-order valence-electron chi connectivity index (χ0n) is 9.71. The third-order valence-electron chi connectivity index (χ3n) is 2.64. The van der Waals surface area contributed by atoms with Crippen LogP contribution in [0.4, 0.5) is 0 Å². The van der Waals surface area contributed by atoms with Crippen LogP contribution in [0.15, 0.2) is 28.7 Å². The van der Waals surface area contributed by atoms with Gasteiger partial charge < -0.3 is 10.1 Å². The molecule has 0 bridgehead atoms. The Labute approximate surface area is 104 Å². The molecule has 1 rings (SSSR count). The zero-order valence-corrected chi connectivity index (χ0v) is 11.3. The van der Waals surface area contributed by atoms with Crippen LogP contribution < -0.4 is 5.32 Å². The molecule has 0 aromatic heterocycles. The smallest absolute Gasteiger partial charge is 0.232 e. The first-order chi connectivity index (χ1) is 7.54. The van der Waals surface area contributed by atoms with Gasteiger partial charge in [0, 0.05) is 18.6 Å².